The number of hydrogen-bond donors (Lipinski definition) is 1. The molecular formula is C21H24N2O4. The lowest BCUT2D eigenvalue weighted by molar-refractivity contribution is -0.139. The molecule has 2 atom stereocenters. The van der Waals surface area contributed by atoms with E-state index in [1.807, 2.05) is 26.0 Å². The summed E-state index contributed by atoms with van der Waals surface area (Å²) in [7, 11) is 0. The highest BCUT2D eigenvalue weighted by Gasteiger charge is 2.47. The summed E-state index contributed by atoms with van der Waals surface area (Å²) in [6, 6.07) is 6.52. The smallest absolute Gasteiger partial charge is 0.233 e. The average molecular weight is 368 g/mol. The van der Waals surface area contributed by atoms with Crippen LogP contribution >= 0.6 is 0 Å². The Morgan fingerprint density at radius 2 is 1.59 bits per heavy atom. The first kappa shape index (κ1) is 19.0. The van der Waals surface area contributed by atoms with Gasteiger partial charge < -0.3 is 5.32 Å². The van der Waals surface area contributed by atoms with E-state index in [0.717, 1.165) is 4.90 Å². The van der Waals surface area contributed by atoms with Gasteiger partial charge in [0.1, 0.15) is 0 Å². The van der Waals surface area contributed by atoms with Gasteiger partial charge in [-0.1, -0.05) is 26.0 Å². The number of hydrogen-bond acceptors (Lipinski definition) is 4. The molecule has 1 N–H and O–H groups in total. The van der Waals surface area contributed by atoms with E-state index in [1.165, 1.54) is 0 Å². The lowest BCUT2D eigenvalue weighted by Gasteiger charge is -2.14. The van der Waals surface area contributed by atoms with Gasteiger partial charge in [0.25, 0.3) is 0 Å². The van der Waals surface area contributed by atoms with E-state index in [0.29, 0.717) is 30.5 Å². The third-order valence-electron chi connectivity index (χ3n) is 4.98. The third kappa shape index (κ3) is 4.15. The minimum absolute atomic E-state index is 0.0754. The molecule has 1 aromatic rings. The van der Waals surface area contributed by atoms with E-state index >= 15 is 0 Å². The molecule has 6 heteroatoms. The van der Waals surface area contributed by atoms with Crippen LogP contribution in [0.5, 0.6) is 0 Å². The van der Waals surface area contributed by atoms with Crippen molar-refractivity contribution in [2.45, 2.75) is 33.1 Å². The maximum atomic E-state index is 12.5. The lowest BCUT2D eigenvalue weighted by Crippen LogP contribution is -2.36. The molecule has 1 aliphatic heterocycles. The molecule has 1 saturated heterocycles. The Balaban J connectivity index is 1.62. The number of carbonyl (C=O) groups is 4. The molecule has 27 heavy (non-hydrogen) atoms. The van der Waals surface area contributed by atoms with Crippen LogP contribution in [0.1, 0.15) is 43.5 Å². The summed E-state index contributed by atoms with van der Waals surface area (Å²) in [5.41, 5.74) is 1.02. The molecule has 3 rings (SSSR count). The standard InChI is InChI=1S/C21H24N2O4/c1-13(2)11-19(25)22-15-9-7-14(8-10-15)18(24)12-23-20(26)16-5-3-4-6-17(16)21(23)27/h3-4,7-10,13,16-17H,5-6,11-12H2,1-2H3,(H,22,25)/t16-,17-/m0/s1. The van der Waals surface area contributed by atoms with Crippen LogP contribution in [-0.2, 0) is 14.4 Å². The van der Waals surface area contributed by atoms with Crippen molar-refractivity contribution in [3.05, 3.63) is 42.0 Å². The van der Waals surface area contributed by atoms with Crippen molar-refractivity contribution >= 4 is 29.2 Å². The van der Waals surface area contributed by atoms with Gasteiger partial charge in [0.15, 0.2) is 5.78 Å². The quantitative estimate of drug-likeness (QED) is 0.475. The van der Waals surface area contributed by atoms with E-state index in [-0.39, 0.29) is 47.8 Å². The molecular weight excluding hydrogens is 344 g/mol. The van der Waals surface area contributed by atoms with Gasteiger partial charge in [-0.15, -0.1) is 0 Å². The van der Waals surface area contributed by atoms with E-state index in [2.05, 4.69) is 5.32 Å². The number of benzene rings is 1. The second-order valence-corrected chi connectivity index (χ2v) is 7.57. The number of allylic oxidation sites excluding steroid dienone is 2. The van der Waals surface area contributed by atoms with Crippen LogP contribution in [0.2, 0.25) is 0 Å². The van der Waals surface area contributed by atoms with Gasteiger partial charge in [-0.25, -0.2) is 0 Å². The van der Waals surface area contributed by atoms with Gasteiger partial charge in [-0.3, -0.25) is 24.1 Å². The van der Waals surface area contributed by atoms with Crippen LogP contribution in [0, 0.1) is 17.8 Å². The molecule has 2 aliphatic rings. The van der Waals surface area contributed by atoms with E-state index in [4.69, 9.17) is 0 Å². The summed E-state index contributed by atoms with van der Waals surface area (Å²) < 4.78 is 0. The highest BCUT2D eigenvalue weighted by molar-refractivity contribution is 6.10. The topological polar surface area (TPSA) is 83.6 Å². The molecule has 0 unspecified atom stereocenters. The van der Waals surface area contributed by atoms with Crippen molar-refractivity contribution < 1.29 is 19.2 Å². The minimum Gasteiger partial charge on any atom is -0.326 e. The predicted octanol–water partition coefficient (Wildman–Crippen LogP) is 2.81. The highest BCUT2D eigenvalue weighted by Crippen LogP contribution is 2.35. The van der Waals surface area contributed by atoms with Crippen molar-refractivity contribution in [1.29, 1.82) is 0 Å². The first-order valence-corrected chi connectivity index (χ1v) is 9.30. The third-order valence-corrected chi connectivity index (χ3v) is 4.98. The Morgan fingerprint density at radius 3 is 2.11 bits per heavy atom. The van der Waals surface area contributed by atoms with Gasteiger partial charge in [-0.2, -0.15) is 0 Å². The summed E-state index contributed by atoms with van der Waals surface area (Å²) in [6.07, 6.45) is 5.39. The Labute approximate surface area is 158 Å². The zero-order valence-electron chi connectivity index (χ0n) is 15.6. The van der Waals surface area contributed by atoms with Crippen LogP contribution in [-0.4, -0.2) is 34.9 Å². The first-order valence-electron chi connectivity index (χ1n) is 9.30. The van der Waals surface area contributed by atoms with E-state index in [1.54, 1.807) is 24.3 Å². The summed E-state index contributed by atoms with van der Waals surface area (Å²) in [6.45, 7) is 3.70. The first-order chi connectivity index (χ1) is 12.9. The zero-order chi connectivity index (χ0) is 19.6. The summed E-state index contributed by atoms with van der Waals surface area (Å²) >= 11 is 0. The number of ketones is 1. The number of rotatable bonds is 6. The minimum atomic E-state index is -0.325. The van der Waals surface area contributed by atoms with Crippen molar-refractivity contribution in [3.8, 4) is 0 Å². The van der Waals surface area contributed by atoms with Gasteiger partial charge in [0, 0.05) is 17.7 Å². The van der Waals surface area contributed by atoms with Gasteiger partial charge in [0.05, 0.1) is 18.4 Å². The molecule has 0 aromatic heterocycles. The average Bonchev–Trinajstić information content (AvgIpc) is 2.87. The second-order valence-electron chi connectivity index (χ2n) is 7.57. The Hall–Kier alpha value is -2.76. The molecule has 0 spiro atoms. The number of Topliss-reactive ketones (excluding diaryl/α,β-unsaturated/α-hetero) is 1. The molecule has 0 radical (unpaired) electrons. The Bertz CT molecular complexity index is 769. The van der Waals surface area contributed by atoms with Crippen molar-refractivity contribution in [2.75, 3.05) is 11.9 Å². The molecule has 142 valence electrons. The van der Waals surface area contributed by atoms with Crippen LogP contribution in [0.4, 0.5) is 5.69 Å². The van der Waals surface area contributed by atoms with Crippen LogP contribution < -0.4 is 5.32 Å². The number of fused-ring (bicyclic) bond motifs is 1. The largest absolute Gasteiger partial charge is 0.326 e. The number of amides is 3. The second kappa shape index (κ2) is 7.86. The number of likely N-dealkylation sites (tertiary alicyclic amines) is 1. The Kier molecular flexibility index (Phi) is 5.54. The molecule has 0 saturated carbocycles. The summed E-state index contributed by atoms with van der Waals surface area (Å²) in [5, 5.41) is 2.78. The molecule has 6 nitrogen and oxygen atoms in total. The predicted molar refractivity (Wildman–Crippen MR) is 101 cm³/mol. The van der Waals surface area contributed by atoms with Crippen LogP contribution in [0.3, 0.4) is 0 Å². The number of imide groups is 1. The Morgan fingerprint density at radius 1 is 1.04 bits per heavy atom. The number of anilines is 1. The lowest BCUT2D eigenvalue weighted by atomic mass is 9.85. The fourth-order valence-corrected chi connectivity index (χ4v) is 3.58. The molecule has 1 aromatic carbocycles. The SMILES string of the molecule is CC(C)CC(=O)Nc1ccc(C(=O)CN2C(=O)[C@H]3CC=CC[C@@H]3C2=O)cc1. The van der Waals surface area contributed by atoms with E-state index in [9.17, 15) is 19.2 Å². The molecule has 0 bridgehead atoms. The molecule has 1 heterocycles. The molecule has 1 fully saturated rings. The van der Waals surface area contributed by atoms with E-state index < -0.39 is 0 Å². The fraction of sp³-hybridized carbons (Fsp3) is 0.429. The summed E-state index contributed by atoms with van der Waals surface area (Å²) in [4.78, 5) is 50.3. The summed E-state index contributed by atoms with van der Waals surface area (Å²) in [5.74, 6) is -1.25. The monoisotopic (exact) mass is 368 g/mol. The molecule has 3 amide bonds. The van der Waals surface area contributed by atoms with Crippen LogP contribution in [0.15, 0.2) is 36.4 Å². The van der Waals surface area contributed by atoms with Gasteiger partial charge >= 0.3 is 0 Å². The van der Waals surface area contributed by atoms with Gasteiger partial charge in [-0.05, 0) is 43.0 Å². The van der Waals surface area contributed by atoms with Crippen LogP contribution in [0.25, 0.3) is 0 Å². The zero-order valence-corrected chi connectivity index (χ0v) is 15.6. The normalized spacial score (nSPS) is 21.5. The molecule has 1 aliphatic carbocycles. The maximum Gasteiger partial charge on any atom is 0.233 e. The fourth-order valence-electron chi connectivity index (χ4n) is 3.58. The van der Waals surface area contributed by atoms with Gasteiger partial charge in [0.2, 0.25) is 17.7 Å². The van der Waals surface area contributed by atoms with Crippen molar-refractivity contribution in [1.82, 2.24) is 4.90 Å². The number of nitrogens with zero attached hydrogens (tertiary/aromatic N) is 1. The van der Waals surface area contributed by atoms with Crippen molar-refractivity contribution in [2.24, 2.45) is 17.8 Å². The van der Waals surface area contributed by atoms with Crippen molar-refractivity contribution in [3.63, 3.8) is 0 Å². The highest BCUT2D eigenvalue weighted by atomic mass is 16.2. The maximum absolute atomic E-state index is 12.5. The number of carbonyl (C=O) groups excluding carboxylic acids is 4. The number of nitrogens with one attached hydrogen (secondary N) is 1.